The average molecular weight is 430 g/mol. The van der Waals surface area contributed by atoms with Gasteiger partial charge in [-0.25, -0.2) is 0 Å². The summed E-state index contributed by atoms with van der Waals surface area (Å²) in [6.45, 7) is 1.04. The number of carbonyl (C=O) groups excluding carboxylic acids is 2. The number of hydrogen-bond donors (Lipinski definition) is 1. The molecule has 7 nitrogen and oxygen atoms in total. The molecule has 2 rings (SSSR count). The molecular formula is C18H15ClF3N3O4. The van der Waals surface area contributed by atoms with Gasteiger partial charge in [0.15, 0.2) is 0 Å². The molecule has 0 spiro atoms. The van der Waals surface area contributed by atoms with Crippen LogP contribution in [0.3, 0.4) is 0 Å². The van der Waals surface area contributed by atoms with Crippen molar-refractivity contribution in [3.8, 4) is 0 Å². The van der Waals surface area contributed by atoms with Crippen molar-refractivity contribution < 1.29 is 27.7 Å². The number of benzene rings is 2. The van der Waals surface area contributed by atoms with Crippen LogP contribution in [-0.4, -0.2) is 35.2 Å². The minimum atomic E-state index is -4.69. The molecule has 11 heteroatoms. The average Bonchev–Trinajstić information content (AvgIpc) is 2.61. The molecule has 2 aromatic rings. The lowest BCUT2D eigenvalue weighted by molar-refractivity contribution is -0.385. The number of anilines is 1. The molecule has 0 aliphatic heterocycles. The van der Waals surface area contributed by atoms with E-state index < -0.39 is 40.0 Å². The third-order valence-corrected chi connectivity index (χ3v) is 4.27. The van der Waals surface area contributed by atoms with Crippen molar-refractivity contribution in [1.82, 2.24) is 4.90 Å². The summed E-state index contributed by atoms with van der Waals surface area (Å²) >= 11 is 5.52. The third kappa shape index (κ3) is 5.44. The lowest BCUT2D eigenvalue weighted by atomic mass is 10.1. The predicted molar refractivity (Wildman–Crippen MR) is 99.9 cm³/mol. The SMILES string of the molecule is Cc1ccc(C(=O)N(C)CC(=O)Nc2ccc(Cl)c(C(F)(F)F)c2)cc1[N+](=O)[O-]. The van der Waals surface area contributed by atoms with Gasteiger partial charge in [0.25, 0.3) is 11.6 Å². The largest absolute Gasteiger partial charge is 0.417 e. The zero-order valence-electron chi connectivity index (χ0n) is 15.2. The Labute approximate surface area is 168 Å². The van der Waals surface area contributed by atoms with Gasteiger partial charge in [0.1, 0.15) is 0 Å². The molecule has 0 aliphatic carbocycles. The summed E-state index contributed by atoms with van der Waals surface area (Å²) in [5.74, 6) is -1.41. The lowest BCUT2D eigenvalue weighted by Crippen LogP contribution is -2.35. The molecule has 0 aliphatic rings. The van der Waals surface area contributed by atoms with Gasteiger partial charge in [-0.2, -0.15) is 13.2 Å². The van der Waals surface area contributed by atoms with Crippen LogP contribution >= 0.6 is 11.6 Å². The molecule has 0 atom stereocenters. The number of nitrogens with zero attached hydrogens (tertiary/aromatic N) is 2. The first kappa shape index (κ1) is 22.2. The van der Waals surface area contributed by atoms with Crippen molar-refractivity contribution in [2.75, 3.05) is 18.9 Å². The smallest absolute Gasteiger partial charge is 0.332 e. The van der Waals surface area contributed by atoms with Crippen molar-refractivity contribution in [1.29, 1.82) is 0 Å². The molecule has 1 N–H and O–H groups in total. The Bertz CT molecular complexity index is 979. The molecule has 0 saturated heterocycles. The van der Waals surface area contributed by atoms with E-state index in [0.29, 0.717) is 11.6 Å². The van der Waals surface area contributed by atoms with Gasteiger partial charge in [-0.3, -0.25) is 19.7 Å². The van der Waals surface area contributed by atoms with E-state index >= 15 is 0 Å². The predicted octanol–water partition coefficient (Wildman–Crippen LogP) is 4.29. The number of aryl methyl sites for hydroxylation is 1. The number of hydrogen-bond acceptors (Lipinski definition) is 4. The number of nitro groups is 1. The van der Waals surface area contributed by atoms with E-state index in [1.165, 1.54) is 32.2 Å². The van der Waals surface area contributed by atoms with Crippen LogP contribution < -0.4 is 5.32 Å². The van der Waals surface area contributed by atoms with Gasteiger partial charge in [-0.15, -0.1) is 0 Å². The second-order valence-corrected chi connectivity index (χ2v) is 6.57. The van der Waals surface area contributed by atoms with Crippen molar-refractivity contribution in [2.24, 2.45) is 0 Å². The maximum absolute atomic E-state index is 12.9. The molecule has 0 bridgehead atoms. The minimum Gasteiger partial charge on any atom is -0.332 e. The van der Waals surface area contributed by atoms with E-state index in [9.17, 15) is 32.9 Å². The van der Waals surface area contributed by atoms with Gasteiger partial charge in [0.2, 0.25) is 5.91 Å². The zero-order valence-corrected chi connectivity index (χ0v) is 16.0. The molecule has 0 radical (unpaired) electrons. The Balaban J connectivity index is 2.10. The van der Waals surface area contributed by atoms with E-state index in [1.54, 1.807) is 0 Å². The third-order valence-electron chi connectivity index (χ3n) is 3.94. The Kier molecular flexibility index (Phi) is 6.48. The first-order valence-electron chi connectivity index (χ1n) is 8.07. The summed E-state index contributed by atoms with van der Waals surface area (Å²) in [7, 11) is 1.29. The first-order chi connectivity index (χ1) is 13.4. The van der Waals surface area contributed by atoms with Gasteiger partial charge < -0.3 is 10.2 Å². The summed E-state index contributed by atoms with van der Waals surface area (Å²) < 4.78 is 38.7. The first-order valence-corrected chi connectivity index (χ1v) is 8.45. The van der Waals surface area contributed by atoms with Crippen LogP contribution in [0.2, 0.25) is 5.02 Å². The quantitative estimate of drug-likeness (QED) is 0.567. The number of halogens is 4. The second kappa shape index (κ2) is 8.48. The molecule has 154 valence electrons. The number of nitrogens with one attached hydrogen (secondary N) is 1. The van der Waals surface area contributed by atoms with Gasteiger partial charge in [0.05, 0.1) is 22.1 Å². The van der Waals surface area contributed by atoms with E-state index in [2.05, 4.69) is 5.32 Å². The highest BCUT2D eigenvalue weighted by molar-refractivity contribution is 6.31. The van der Waals surface area contributed by atoms with Crippen LogP contribution in [-0.2, 0) is 11.0 Å². The molecule has 0 unspecified atom stereocenters. The Morgan fingerprint density at radius 2 is 1.86 bits per heavy atom. The number of rotatable bonds is 5. The molecule has 2 aromatic carbocycles. The van der Waals surface area contributed by atoms with E-state index in [0.717, 1.165) is 17.0 Å². The maximum Gasteiger partial charge on any atom is 0.417 e. The number of carbonyl (C=O) groups is 2. The normalized spacial score (nSPS) is 11.1. The fraction of sp³-hybridized carbons (Fsp3) is 0.222. The van der Waals surface area contributed by atoms with Crippen molar-refractivity contribution in [2.45, 2.75) is 13.1 Å². The number of likely N-dealkylation sites (N-methyl/N-ethyl adjacent to an activating group) is 1. The molecule has 0 fully saturated rings. The summed E-state index contributed by atoms with van der Waals surface area (Å²) in [5.41, 5.74) is -1.11. The van der Waals surface area contributed by atoms with Crippen molar-refractivity contribution >= 4 is 34.8 Å². The van der Waals surface area contributed by atoms with E-state index in [-0.39, 0.29) is 16.9 Å². The highest BCUT2D eigenvalue weighted by atomic mass is 35.5. The zero-order chi connectivity index (χ0) is 21.9. The van der Waals surface area contributed by atoms with Crippen LogP contribution in [0.4, 0.5) is 24.5 Å². The molecule has 29 heavy (non-hydrogen) atoms. The van der Waals surface area contributed by atoms with E-state index in [4.69, 9.17) is 11.6 Å². The van der Waals surface area contributed by atoms with Gasteiger partial charge in [-0.05, 0) is 31.2 Å². The van der Waals surface area contributed by atoms with Crippen molar-refractivity contribution in [3.63, 3.8) is 0 Å². The van der Waals surface area contributed by atoms with Crippen LogP contribution in [0.25, 0.3) is 0 Å². The fourth-order valence-electron chi connectivity index (χ4n) is 2.47. The topological polar surface area (TPSA) is 92.6 Å². The van der Waals surface area contributed by atoms with Crippen molar-refractivity contribution in [3.05, 3.63) is 68.2 Å². The molecular weight excluding hydrogens is 415 g/mol. The maximum atomic E-state index is 12.9. The van der Waals surface area contributed by atoms with Crippen LogP contribution in [0.1, 0.15) is 21.5 Å². The second-order valence-electron chi connectivity index (χ2n) is 6.16. The Hall–Kier alpha value is -3.14. The highest BCUT2D eigenvalue weighted by Gasteiger charge is 2.33. The van der Waals surface area contributed by atoms with Gasteiger partial charge in [-0.1, -0.05) is 17.7 Å². The van der Waals surface area contributed by atoms with Crippen LogP contribution in [0.15, 0.2) is 36.4 Å². The number of alkyl halides is 3. The van der Waals surface area contributed by atoms with Crippen LogP contribution in [0.5, 0.6) is 0 Å². The summed E-state index contributed by atoms with van der Waals surface area (Å²) in [6, 6.07) is 6.77. The summed E-state index contributed by atoms with van der Waals surface area (Å²) in [5, 5.41) is 12.7. The monoisotopic (exact) mass is 429 g/mol. The minimum absolute atomic E-state index is 0.00319. The fourth-order valence-corrected chi connectivity index (χ4v) is 2.69. The number of nitro benzene ring substituents is 1. The van der Waals surface area contributed by atoms with Gasteiger partial charge >= 0.3 is 6.18 Å². The molecule has 2 amide bonds. The Morgan fingerprint density at radius 3 is 2.45 bits per heavy atom. The van der Waals surface area contributed by atoms with Gasteiger partial charge in [0, 0.05) is 29.9 Å². The molecule has 0 aromatic heterocycles. The summed E-state index contributed by atoms with van der Waals surface area (Å²) in [4.78, 5) is 35.9. The standard InChI is InChI=1S/C18H15ClF3N3O4/c1-10-3-4-11(7-15(10)25(28)29)17(27)24(2)9-16(26)23-12-5-6-14(19)13(8-12)18(20,21)22/h3-8H,9H2,1-2H3,(H,23,26). The molecule has 0 heterocycles. The van der Waals surface area contributed by atoms with Crippen LogP contribution in [0, 0.1) is 17.0 Å². The number of amides is 2. The lowest BCUT2D eigenvalue weighted by Gasteiger charge is -2.17. The Morgan fingerprint density at radius 1 is 1.21 bits per heavy atom. The highest BCUT2D eigenvalue weighted by Crippen LogP contribution is 2.36. The summed E-state index contributed by atoms with van der Waals surface area (Å²) in [6.07, 6.45) is -4.69. The van der Waals surface area contributed by atoms with E-state index in [1.807, 2.05) is 0 Å². The molecule has 0 saturated carbocycles.